The summed E-state index contributed by atoms with van der Waals surface area (Å²) in [6, 6.07) is 5.86. The molecular weight excluding hydrogens is 276 g/mol. The molecule has 1 aromatic heterocycles. The van der Waals surface area contributed by atoms with Crippen molar-refractivity contribution in [2.45, 2.75) is 27.7 Å². The highest BCUT2D eigenvalue weighted by Crippen LogP contribution is 2.29. The molecular formula is C15H21ClN2S. The fraction of sp³-hybridized carbons (Fsp3) is 0.533. The van der Waals surface area contributed by atoms with Crippen LogP contribution in [0, 0.1) is 17.8 Å². The first-order valence-corrected chi connectivity index (χ1v) is 7.96. The Morgan fingerprint density at radius 3 is 2.53 bits per heavy atom. The lowest BCUT2D eigenvalue weighted by Crippen LogP contribution is -2.24. The van der Waals surface area contributed by atoms with Gasteiger partial charge in [-0.3, -0.25) is 0 Å². The van der Waals surface area contributed by atoms with Gasteiger partial charge >= 0.3 is 0 Å². The number of aromatic nitrogens is 1. The molecule has 19 heavy (non-hydrogen) atoms. The smallest absolute Gasteiger partial charge is 0.183 e. The zero-order valence-corrected chi connectivity index (χ0v) is 13.5. The SMILES string of the molecule is CC(C)C(CNc1nc2cc(Cl)ccc2s1)C(C)C. The summed E-state index contributed by atoms with van der Waals surface area (Å²) in [6.07, 6.45) is 0. The molecule has 0 radical (unpaired) electrons. The fourth-order valence-electron chi connectivity index (χ4n) is 2.42. The average molecular weight is 297 g/mol. The second-order valence-electron chi connectivity index (χ2n) is 5.66. The third-order valence-corrected chi connectivity index (χ3v) is 4.78. The van der Waals surface area contributed by atoms with Crippen molar-refractivity contribution in [3.63, 3.8) is 0 Å². The zero-order valence-electron chi connectivity index (χ0n) is 11.9. The number of thiazole rings is 1. The number of anilines is 1. The maximum atomic E-state index is 5.98. The molecule has 0 atom stereocenters. The van der Waals surface area contributed by atoms with Gasteiger partial charge in [-0.2, -0.15) is 0 Å². The largest absolute Gasteiger partial charge is 0.361 e. The highest BCUT2D eigenvalue weighted by molar-refractivity contribution is 7.22. The molecule has 0 bridgehead atoms. The number of halogens is 1. The Morgan fingerprint density at radius 2 is 1.89 bits per heavy atom. The van der Waals surface area contributed by atoms with Crippen LogP contribution in [-0.4, -0.2) is 11.5 Å². The Balaban J connectivity index is 2.09. The second kappa shape index (κ2) is 6.10. The van der Waals surface area contributed by atoms with Crippen LogP contribution in [0.4, 0.5) is 5.13 Å². The van der Waals surface area contributed by atoms with Gasteiger partial charge in [0.1, 0.15) is 0 Å². The number of nitrogens with one attached hydrogen (secondary N) is 1. The normalized spacial score (nSPS) is 12.0. The van der Waals surface area contributed by atoms with Gasteiger partial charge in [0, 0.05) is 11.6 Å². The Bertz CT molecular complexity index is 540. The van der Waals surface area contributed by atoms with Crippen molar-refractivity contribution >= 4 is 38.3 Å². The first-order valence-electron chi connectivity index (χ1n) is 6.77. The molecule has 2 aromatic rings. The number of fused-ring (bicyclic) bond motifs is 1. The van der Waals surface area contributed by atoms with Crippen LogP contribution in [0.5, 0.6) is 0 Å². The van der Waals surface area contributed by atoms with Crippen molar-refractivity contribution < 1.29 is 0 Å². The highest BCUT2D eigenvalue weighted by atomic mass is 35.5. The van der Waals surface area contributed by atoms with Gasteiger partial charge in [0.15, 0.2) is 5.13 Å². The Labute approximate surface area is 124 Å². The van der Waals surface area contributed by atoms with Crippen LogP contribution in [0.3, 0.4) is 0 Å². The summed E-state index contributed by atoms with van der Waals surface area (Å²) in [5.41, 5.74) is 0.977. The van der Waals surface area contributed by atoms with E-state index >= 15 is 0 Å². The van der Waals surface area contributed by atoms with Gasteiger partial charge in [0.2, 0.25) is 0 Å². The minimum Gasteiger partial charge on any atom is -0.361 e. The van der Waals surface area contributed by atoms with E-state index in [0.717, 1.165) is 22.2 Å². The predicted octanol–water partition coefficient (Wildman–Crippen LogP) is 5.29. The van der Waals surface area contributed by atoms with E-state index in [1.54, 1.807) is 11.3 Å². The predicted molar refractivity (Wildman–Crippen MR) is 86.3 cm³/mol. The van der Waals surface area contributed by atoms with E-state index in [4.69, 9.17) is 11.6 Å². The van der Waals surface area contributed by atoms with Crippen LogP contribution in [-0.2, 0) is 0 Å². The average Bonchev–Trinajstić information content (AvgIpc) is 2.70. The molecule has 0 aliphatic carbocycles. The van der Waals surface area contributed by atoms with E-state index in [2.05, 4.69) is 38.0 Å². The molecule has 2 rings (SSSR count). The number of nitrogens with zero attached hydrogens (tertiary/aromatic N) is 1. The van der Waals surface area contributed by atoms with E-state index < -0.39 is 0 Å². The van der Waals surface area contributed by atoms with Crippen molar-refractivity contribution in [2.24, 2.45) is 17.8 Å². The van der Waals surface area contributed by atoms with E-state index in [0.29, 0.717) is 17.8 Å². The molecule has 0 spiro atoms. The van der Waals surface area contributed by atoms with E-state index in [9.17, 15) is 0 Å². The maximum Gasteiger partial charge on any atom is 0.183 e. The van der Waals surface area contributed by atoms with E-state index in [-0.39, 0.29) is 0 Å². The number of rotatable bonds is 5. The van der Waals surface area contributed by atoms with Crippen molar-refractivity contribution in [2.75, 3.05) is 11.9 Å². The summed E-state index contributed by atoms with van der Waals surface area (Å²) in [6.45, 7) is 10.1. The lowest BCUT2D eigenvalue weighted by Gasteiger charge is -2.24. The van der Waals surface area contributed by atoms with Crippen molar-refractivity contribution in [1.29, 1.82) is 0 Å². The third-order valence-electron chi connectivity index (χ3n) is 3.55. The molecule has 0 saturated carbocycles. The van der Waals surface area contributed by atoms with Crippen LogP contribution in [0.25, 0.3) is 10.2 Å². The zero-order chi connectivity index (χ0) is 14.0. The van der Waals surface area contributed by atoms with Crippen LogP contribution in [0.2, 0.25) is 5.02 Å². The Hall–Kier alpha value is -0.800. The lowest BCUT2D eigenvalue weighted by atomic mass is 9.86. The number of hydrogen-bond donors (Lipinski definition) is 1. The lowest BCUT2D eigenvalue weighted by molar-refractivity contribution is 0.304. The number of benzene rings is 1. The summed E-state index contributed by atoms with van der Waals surface area (Å²) in [7, 11) is 0. The van der Waals surface area contributed by atoms with Gasteiger partial charge in [0.05, 0.1) is 10.2 Å². The monoisotopic (exact) mass is 296 g/mol. The van der Waals surface area contributed by atoms with Crippen LogP contribution in [0.1, 0.15) is 27.7 Å². The summed E-state index contributed by atoms with van der Waals surface area (Å²) in [4.78, 5) is 4.59. The molecule has 4 heteroatoms. The molecule has 104 valence electrons. The van der Waals surface area contributed by atoms with Crippen molar-refractivity contribution in [3.8, 4) is 0 Å². The molecule has 1 heterocycles. The number of hydrogen-bond acceptors (Lipinski definition) is 3. The Kier molecular flexibility index (Phi) is 4.69. The molecule has 1 N–H and O–H groups in total. The molecule has 0 aliphatic rings. The van der Waals surface area contributed by atoms with Gasteiger partial charge in [-0.15, -0.1) is 0 Å². The summed E-state index contributed by atoms with van der Waals surface area (Å²) in [5, 5.41) is 5.21. The Morgan fingerprint density at radius 1 is 1.21 bits per heavy atom. The quantitative estimate of drug-likeness (QED) is 0.811. The molecule has 0 amide bonds. The van der Waals surface area contributed by atoms with Crippen LogP contribution in [0.15, 0.2) is 18.2 Å². The standard InChI is InChI=1S/C15H21ClN2S/c1-9(2)12(10(3)4)8-17-15-18-13-7-11(16)5-6-14(13)19-15/h5-7,9-10,12H,8H2,1-4H3,(H,17,18). The van der Waals surface area contributed by atoms with E-state index in [1.165, 1.54) is 4.70 Å². The first-order chi connectivity index (χ1) is 8.97. The fourth-order valence-corrected chi connectivity index (χ4v) is 3.44. The van der Waals surface area contributed by atoms with Gasteiger partial charge in [0.25, 0.3) is 0 Å². The molecule has 0 fully saturated rings. The maximum absolute atomic E-state index is 5.98. The molecule has 0 unspecified atom stereocenters. The molecule has 2 nitrogen and oxygen atoms in total. The topological polar surface area (TPSA) is 24.9 Å². The van der Waals surface area contributed by atoms with Crippen molar-refractivity contribution in [3.05, 3.63) is 23.2 Å². The summed E-state index contributed by atoms with van der Waals surface area (Å²) in [5.74, 6) is 2.02. The van der Waals surface area contributed by atoms with Gasteiger partial charge < -0.3 is 5.32 Å². The summed E-state index contributed by atoms with van der Waals surface area (Å²) >= 11 is 7.67. The molecule has 0 aliphatic heterocycles. The van der Waals surface area contributed by atoms with Crippen LogP contribution >= 0.6 is 22.9 Å². The minimum atomic E-state index is 0.663. The molecule has 0 saturated heterocycles. The van der Waals surface area contributed by atoms with Gasteiger partial charge in [-0.05, 0) is 36.0 Å². The third kappa shape index (κ3) is 3.61. The second-order valence-corrected chi connectivity index (χ2v) is 7.13. The molecule has 1 aromatic carbocycles. The van der Waals surface area contributed by atoms with Crippen LogP contribution < -0.4 is 5.32 Å². The van der Waals surface area contributed by atoms with Crippen molar-refractivity contribution in [1.82, 2.24) is 4.98 Å². The van der Waals surface area contributed by atoms with E-state index in [1.807, 2.05) is 18.2 Å². The first kappa shape index (κ1) is 14.6. The van der Waals surface area contributed by atoms with Gasteiger partial charge in [-0.1, -0.05) is 50.6 Å². The summed E-state index contributed by atoms with van der Waals surface area (Å²) < 4.78 is 1.18. The van der Waals surface area contributed by atoms with Gasteiger partial charge in [-0.25, -0.2) is 4.98 Å². The minimum absolute atomic E-state index is 0.663. The highest BCUT2D eigenvalue weighted by Gasteiger charge is 2.17.